The van der Waals surface area contributed by atoms with E-state index < -0.39 is 0 Å². The Hall–Kier alpha value is -1.88. The molecule has 0 saturated heterocycles. The van der Waals surface area contributed by atoms with Crippen LogP contribution in [0.1, 0.15) is 17.3 Å². The monoisotopic (exact) mass is 232 g/mol. The number of ether oxygens (including phenoxy) is 1. The van der Waals surface area contributed by atoms with Crippen LogP contribution in [0.5, 0.6) is 5.75 Å². The van der Waals surface area contributed by atoms with Crippen molar-refractivity contribution in [2.45, 2.75) is 12.5 Å². The lowest BCUT2D eigenvalue weighted by Gasteiger charge is -2.13. The molecule has 0 radical (unpaired) electrons. The Labute approximate surface area is 100 Å². The van der Waals surface area contributed by atoms with Crippen LogP contribution in [0.15, 0.2) is 30.5 Å². The zero-order valence-electron chi connectivity index (χ0n) is 9.97. The van der Waals surface area contributed by atoms with Crippen LogP contribution < -0.4 is 10.1 Å². The topological polar surface area (TPSA) is 62.8 Å². The zero-order chi connectivity index (χ0) is 12.1. The summed E-state index contributed by atoms with van der Waals surface area (Å²) in [5.41, 5.74) is 2.11. The second-order valence-corrected chi connectivity index (χ2v) is 3.79. The highest BCUT2D eigenvalue weighted by molar-refractivity contribution is 5.29. The summed E-state index contributed by atoms with van der Waals surface area (Å²) in [6, 6.07) is 8.19. The Morgan fingerprint density at radius 3 is 3.00 bits per heavy atom. The third-order valence-corrected chi connectivity index (χ3v) is 2.71. The van der Waals surface area contributed by atoms with E-state index >= 15 is 0 Å². The van der Waals surface area contributed by atoms with Gasteiger partial charge in [0, 0.05) is 0 Å². The van der Waals surface area contributed by atoms with Crippen LogP contribution in [-0.4, -0.2) is 29.6 Å². The van der Waals surface area contributed by atoms with Gasteiger partial charge in [0.05, 0.1) is 25.0 Å². The van der Waals surface area contributed by atoms with Crippen molar-refractivity contribution in [3.63, 3.8) is 0 Å². The van der Waals surface area contributed by atoms with Crippen molar-refractivity contribution < 1.29 is 4.74 Å². The Balaban J connectivity index is 2.13. The number of rotatable bonds is 5. The normalized spacial score (nSPS) is 12.4. The fourth-order valence-electron chi connectivity index (χ4n) is 1.77. The summed E-state index contributed by atoms with van der Waals surface area (Å²) in [5, 5.41) is 13.8. The third-order valence-electron chi connectivity index (χ3n) is 2.71. The number of aromatic nitrogens is 3. The fourth-order valence-corrected chi connectivity index (χ4v) is 1.77. The van der Waals surface area contributed by atoms with Crippen molar-refractivity contribution in [1.82, 2.24) is 20.7 Å². The first-order valence-corrected chi connectivity index (χ1v) is 5.49. The van der Waals surface area contributed by atoms with E-state index in [1.165, 1.54) is 5.56 Å². The fraction of sp³-hybridized carbons (Fsp3) is 0.333. The molecular weight excluding hydrogens is 216 g/mol. The number of H-pyrrole nitrogens is 1. The van der Waals surface area contributed by atoms with E-state index in [0.717, 1.165) is 17.9 Å². The van der Waals surface area contributed by atoms with E-state index in [-0.39, 0.29) is 6.04 Å². The molecule has 5 nitrogen and oxygen atoms in total. The molecule has 1 heterocycles. The molecule has 5 heteroatoms. The molecular formula is C12H16N4O. The molecule has 0 saturated carbocycles. The maximum absolute atomic E-state index is 5.21. The van der Waals surface area contributed by atoms with Gasteiger partial charge in [-0.25, -0.2) is 0 Å². The Morgan fingerprint density at radius 2 is 2.35 bits per heavy atom. The second kappa shape index (κ2) is 5.45. The minimum atomic E-state index is 0.154. The van der Waals surface area contributed by atoms with Crippen molar-refractivity contribution in [2.75, 3.05) is 14.2 Å². The summed E-state index contributed by atoms with van der Waals surface area (Å²) in [6.45, 7) is 0. The molecule has 2 N–H and O–H groups in total. The summed E-state index contributed by atoms with van der Waals surface area (Å²) in [7, 11) is 3.59. The van der Waals surface area contributed by atoms with Crippen LogP contribution in [0.3, 0.4) is 0 Å². The van der Waals surface area contributed by atoms with Crippen LogP contribution in [0.2, 0.25) is 0 Å². The van der Waals surface area contributed by atoms with Gasteiger partial charge >= 0.3 is 0 Å². The van der Waals surface area contributed by atoms with Gasteiger partial charge in [0.1, 0.15) is 5.75 Å². The lowest BCUT2D eigenvalue weighted by atomic mass is 10.0. The molecule has 0 fully saturated rings. The highest BCUT2D eigenvalue weighted by atomic mass is 16.5. The Morgan fingerprint density at radius 1 is 1.47 bits per heavy atom. The molecule has 0 aliphatic heterocycles. The molecule has 2 aromatic rings. The smallest absolute Gasteiger partial charge is 0.119 e. The van der Waals surface area contributed by atoms with Crippen molar-refractivity contribution in [2.24, 2.45) is 0 Å². The van der Waals surface area contributed by atoms with Gasteiger partial charge in [-0.3, -0.25) is 0 Å². The molecule has 1 aromatic carbocycles. The van der Waals surface area contributed by atoms with Gasteiger partial charge < -0.3 is 10.1 Å². The summed E-state index contributed by atoms with van der Waals surface area (Å²) < 4.78 is 5.21. The van der Waals surface area contributed by atoms with Gasteiger partial charge in [-0.05, 0) is 31.2 Å². The van der Waals surface area contributed by atoms with E-state index in [9.17, 15) is 0 Å². The minimum absolute atomic E-state index is 0.154. The number of aromatic amines is 1. The summed E-state index contributed by atoms with van der Waals surface area (Å²) in [5.74, 6) is 0.873. The number of hydrogen-bond donors (Lipinski definition) is 2. The lowest BCUT2D eigenvalue weighted by Crippen LogP contribution is -2.19. The van der Waals surface area contributed by atoms with Crippen molar-refractivity contribution >= 4 is 0 Å². The maximum atomic E-state index is 5.21. The predicted molar refractivity (Wildman–Crippen MR) is 64.9 cm³/mol. The number of methoxy groups -OCH3 is 1. The van der Waals surface area contributed by atoms with E-state index in [4.69, 9.17) is 4.74 Å². The van der Waals surface area contributed by atoms with Gasteiger partial charge in [0.15, 0.2) is 0 Å². The molecule has 1 atom stereocenters. The van der Waals surface area contributed by atoms with Crippen molar-refractivity contribution in [1.29, 1.82) is 0 Å². The minimum Gasteiger partial charge on any atom is -0.497 e. The lowest BCUT2D eigenvalue weighted by molar-refractivity contribution is 0.414. The highest BCUT2D eigenvalue weighted by Gasteiger charge is 2.12. The highest BCUT2D eigenvalue weighted by Crippen LogP contribution is 2.19. The van der Waals surface area contributed by atoms with Crippen LogP contribution in [0.25, 0.3) is 0 Å². The predicted octanol–water partition coefficient (Wildman–Crippen LogP) is 1.32. The molecule has 2 rings (SSSR count). The number of hydrogen-bond acceptors (Lipinski definition) is 4. The molecule has 1 unspecified atom stereocenters. The number of nitrogens with one attached hydrogen (secondary N) is 2. The van der Waals surface area contributed by atoms with Crippen LogP contribution >= 0.6 is 0 Å². The molecule has 0 aliphatic carbocycles. The molecule has 0 aliphatic rings. The second-order valence-electron chi connectivity index (χ2n) is 3.79. The van der Waals surface area contributed by atoms with E-state index in [1.54, 1.807) is 13.3 Å². The zero-order valence-corrected chi connectivity index (χ0v) is 9.97. The first-order chi connectivity index (χ1) is 8.33. The number of nitrogens with zero attached hydrogens (tertiary/aromatic N) is 2. The average Bonchev–Trinajstić information content (AvgIpc) is 2.90. The van der Waals surface area contributed by atoms with E-state index in [1.807, 2.05) is 25.2 Å². The molecule has 0 spiro atoms. The van der Waals surface area contributed by atoms with E-state index in [2.05, 4.69) is 26.8 Å². The molecule has 17 heavy (non-hydrogen) atoms. The molecule has 0 amide bonds. The summed E-state index contributed by atoms with van der Waals surface area (Å²) in [6.07, 6.45) is 2.58. The summed E-state index contributed by atoms with van der Waals surface area (Å²) >= 11 is 0. The Kier molecular flexibility index (Phi) is 3.72. The van der Waals surface area contributed by atoms with Crippen molar-refractivity contribution in [3.05, 3.63) is 41.7 Å². The molecule has 90 valence electrons. The Bertz CT molecular complexity index is 455. The standard InChI is InChI=1S/C12H16N4O/c1-13-11(12-8-14-16-15-12)7-9-4-3-5-10(6-9)17-2/h3-6,8,11,13H,7H2,1-2H3,(H,14,15,16). The average molecular weight is 232 g/mol. The van der Waals surface area contributed by atoms with Gasteiger partial charge in [-0.2, -0.15) is 15.4 Å². The first-order valence-electron chi connectivity index (χ1n) is 5.49. The van der Waals surface area contributed by atoms with Crippen molar-refractivity contribution in [3.8, 4) is 5.75 Å². The van der Waals surface area contributed by atoms with Gasteiger partial charge in [0.25, 0.3) is 0 Å². The third kappa shape index (κ3) is 2.82. The van der Waals surface area contributed by atoms with Gasteiger partial charge in [-0.15, -0.1) is 0 Å². The largest absolute Gasteiger partial charge is 0.497 e. The quantitative estimate of drug-likeness (QED) is 0.816. The van der Waals surface area contributed by atoms with Crippen LogP contribution in [0.4, 0.5) is 0 Å². The van der Waals surface area contributed by atoms with Gasteiger partial charge in [0.2, 0.25) is 0 Å². The van der Waals surface area contributed by atoms with E-state index in [0.29, 0.717) is 0 Å². The molecule has 0 bridgehead atoms. The summed E-state index contributed by atoms with van der Waals surface area (Å²) in [4.78, 5) is 0. The SMILES string of the molecule is CNC(Cc1cccc(OC)c1)c1cn[nH]n1. The van der Waals surface area contributed by atoms with Crippen LogP contribution in [0, 0.1) is 0 Å². The van der Waals surface area contributed by atoms with Gasteiger partial charge in [-0.1, -0.05) is 12.1 Å². The number of benzene rings is 1. The number of likely N-dealkylation sites (N-methyl/N-ethyl adjacent to an activating group) is 1. The van der Waals surface area contributed by atoms with Crippen LogP contribution in [-0.2, 0) is 6.42 Å². The molecule has 1 aromatic heterocycles. The maximum Gasteiger partial charge on any atom is 0.119 e. The first kappa shape index (κ1) is 11.6.